The van der Waals surface area contributed by atoms with E-state index in [4.69, 9.17) is 4.74 Å². The number of nitrogens with zero attached hydrogens (tertiary/aromatic N) is 1. The Balaban J connectivity index is 1.50. The number of halogens is 3. The number of amides is 2. The summed E-state index contributed by atoms with van der Waals surface area (Å²) in [6, 6.07) is 10.3. The van der Waals surface area contributed by atoms with E-state index in [9.17, 15) is 22.4 Å². The highest BCUT2D eigenvalue weighted by Crippen LogP contribution is 2.27. The molecule has 230 valence electrons. The Bertz CT molecular complexity index is 1360. The van der Waals surface area contributed by atoms with Crippen LogP contribution in [-0.2, 0) is 37.5 Å². The van der Waals surface area contributed by atoms with Crippen LogP contribution in [0.5, 0.6) is 0 Å². The first kappa shape index (κ1) is 33.0. The van der Waals surface area contributed by atoms with Gasteiger partial charge in [-0.05, 0) is 68.5 Å². The lowest BCUT2D eigenvalue weighted by atomic mass is 9.91. The number of benzene rings is 2. The predicted octanol–water partition coefficient (Wildman–Crippen LogP) is 3.85. The molecular weight excluding hydrogens is 695 g/mol. The lowest BCUT2D eigenvalue weighted by Gasteiger charge is -2.30. The summed E-state index contributed by atoms with van der Waals surface area (Å²) < 4.78 is 48.9. The van der Waals surface area contributed by atoms with Crippen LogP contribution in [0, 0.1) is 11.7 Å². The molecule has 2 aliphatic heterocycles. The number of nitrogens with one attached hydrogen (secondary N) is 3. The zero-order chi connectivity index (χ0) is 30.3. The molecule has 2 amide bonds. The second kappa shape index (κ2) is 15.2. The van der Waals surface area contributed by atoms with Gasteiger partial charge >= 0.3 is 0 Å². The van der Waals surface area contributed by atoms with Gasteiger partial charge in [-0.1, -0.05) is 56.1 Å². The van der Waals surface area contributed by atoms with Crippen molar-refractivity contribution in [2.24, 2.45) is 5.92 Å². The van der Waals surface area contributed by atoms with Crippen LogP contribution in [0.25, 0.3) is 0 Å². The van der Waals surface area contributed by atoms with Crippen LogP contribution >= 0.6 is 31.9 Å². The summed E-state index contributed by atoms with van der Waals surface area (Å²) in [5.74, 6) is -0.858. The van der Waals surface area contributed by atoms with E-state index in [1.54, 1.807) is 12.1 Å². The number of likely N-dealkylation sites (tertiary alicyclic amines) is 1. The van der Waals surface area contributed by atoms with E-state index in [-0.39, 0.29) is 32.0 Å². The van der Waals surface area contributed by atoms with Gasteiger partial charge in [-0.2, -0.15) is 0 Å². The summed E-state index contributed by atoms with van der Waals surface area (Å²) in [7, 11) is -3.70. The van der Waals surface area contributed by atoms with Crippen LogP contribution in [0.2, 0.25) is 0 Å². The Morgan fingerprint density at radius 2 is 1.88 bits per heavy atom. The maximum absolute atomic E-state index is 14.4. The van der Waals surface area contributed by atoms with E-state index in [2.05, 4.69) is 47.2 Å². The minimum absolute atomic E-state index is 0.0299. The van der Waals surface area contributed by atoms with Gasteiger partial charge in [0.25, 0.3) is 0 Å². The molecule has 2 saturated heterocycles. The molecule has 0 spiro atoms. The summed E-state index contributed by atoms with van der Waals surface area (Å²) in [6.45, 7) is 2.09. The van der Waals surface area contributed by atoms with Crippen LogP contribution in [0.1, 0.15) is 43.2 Å². The minimum Gasteiger partial charge on any atom is -0.371 e. The third kappa shape index (κ3) is 9.55. The molecule has 2 aromatic rings. The van der Waals surface area contributed by atoms with Gasteiger partial charge in [0.2, 0.25) is 21.8 Å². The van der Waals surface area contributed by atoms with Crippen LogP contribution in [0.4, 0.5) is 4.39 Å². The molecule has 0 bridgehead atoms. The molecule has 2 aromatic carbocycles. The first-order valence-corrected chi connectivity index (χ1v) is 17.5. The van der Waals surface area contributed by atoms with E-state index in [0.29, 0.717) is 28.8 Å². The van der Waals surface area contributed by atoms with Crippen molar-refractivity contribution in [3.63, 3.8) is 0 Å². The number of carbonyl (C=O) groups is 2. The van der Waals surface area contributed by atoms with Gasteiger partial charge < -0.3 is 20.3 Å². The first-order chi connectivity index (χ1) is 20.0. The molecule has 4 rings (SSSR count). The molecule has 9 nitrogen and oxygen atoms in total. The van der Waals surface area contributed by atoms with E-state index < -0.39 is 39.9 Å². The first-order valence-electron chi connectivity index (χ1n) is 14.1. The van der Waals surface area contributed by atoms with Crippen LogP contribution in [0.3, 0.4) is 0 Å². The molecule has 0 aliphatic carbocycles. The van der Waals surface area contributed by atoms with Crippen molar-refractivity contribution in [3.05, 3.63) is 68.4 Å². The van der Waals surface area contributed by atoms with Crippen molar-refractivity contribution in [2.45, 2.75) is 63.4 Å². The Kier molecular flexibility index (Phi) is 11.9. The summed E-state index contributed by atoms with van der Waals surface area (Å²) in [6.07, 6.45) is 3.63. The molecular formula is C29H37Br2FN4O5S. The maximum Gasteiger partial charge on any atom is 0.243 e. The van der Waals surface area contributed by atoms with E-state index >= 15 is 0 Å². The molecule has 3 N–H and O–H groups in total. The Morgan fingerprint density at radius 1 is 1.14 bits per heavy atom. The highest BCUT2D eigenvalue weighted by molar-refractivity contribution is 9.10. The van der Waals surface area contributed by atoms with E-state index in [1.807, 2.05) is 24.3 Å². The van der Waals surface area contributed by atoms with Crippen molar-refractivity contribution in [1.29, 1.82) is 0 Å². The maximum atomic E-state index is 14.4. The fourth-order valence-electron chi connectivity index (χ4n) is 5.46. The Labute approximate surface area is 263 Å². The largest absolute Gasteiger partial charge is 0.371 e. The molecule has 0 saturated carbocycles. The molecule has 2 fully saturated rings. The highest BCUT2D eigenvalue weighted by atomic mass is 79.9. The third-order valence-corrected chi connectivity index (χ3v) is 9.71. The van der Waals surface area contributed by atoms with Gasteiger partial charge in [0.05, 0.1) is 19.0 Å². The molecule has 2 heterocycles. The molecule has 13 heteroatoms. The lowest BCUT2D eigenvalue weighted by Crippen LogP contribution is -2.53. The molecule has 42 heavy (non-hydrogen) atoms. The zero-order valence-electron chi connectivity index (χ0n) is 23.5. The number of hydrogen-bond acceptors (Lipinski definition) is 6. The molecule has 0 radical (unpaired) electrons. The second-order valence-electron chi connectivity index (χ2n) is 10.9. The second-order valence-corrected chi connectivity index (χ2v) is 14.5. The van der Waals surface area contributed by atoms with Gasteiger partial charge in [0.1, 0.15) is 17.9 Å². The lowest BCUT2D eigenvalue weighted by molar-refractivity contribution is -0.140. The molecule has 2 aliphatic rings. The van der Waals surface area contributed by atoms with Crippen LogP contribution < -0.4 is 15.4 Å². The summed E-state index contributed by atoms with van der Waals surface area (Å²) in [5, 5.41) is 6.23. The van der Waals surface area contributed by atoms with Crippen LogP contribution in [-0.4, -0.2) is 69.2 Å². The number of piperidine rings is 1. The number of carbonyl (C=O) groups excluding carboxylic acids is 2. The zero-order valence-corrected chi connectivity index (χ0v) is 27.4. The molecule has 0 aromatic heterocycles. The summed E-state index contributed by atoms with van der Waals surface area (Å²) >= 11 is 6.73. The average Bonchev–Trinajstić information content (AvgIpc) is 3.38. The minimum atomic E-state index is -3.70. The van der Waals surface area contributed by atoms with E-state index in [1.165, 1.54) is 11.0 Å². The monoisotopic (exact) mass is 730 g/mol. The Morgan fingerprint density at radius 3 is 2.57 bits per heavy atom. The fraction of sp³-hybridized carbons (Fsp3) is 0.517. The quantitative estimate of drug-likeness (QED) is 0.306. The van der Waals surface area contributed by atoms with E-state index in [0.717, 1.165) is 42.2 Å². The van der Waals surface area contributed by atoms with Crippen molar-refractivity contribution in [1.82, 2.24) is 20.3 Å². The number of rotatable bonds is 12. The normalized spacial score (nSPS) is 20.4. The Hall–Kier alpha value is -1.90. The molecule has 0 unspecified atom stereocenters. The third-order valence-electron chi connectivity index (χ3n) is 7.73. The topological polar surface area (TPSA) is 117 Å². The summed E-state index contributed by atoms with van der Waals surface area (Å²) in [5.41, 5.74) is 1.23. The SMILES string of the molecule is CS(=O)(=O)N[C@H](CCC1CCNCC1)C(=O)N1C[C@H](OCc2ccc(Br)cc2F)C[C@@H]1C(=O)NCc1ccccc1Br. The van der Waals surface area contributed by atoms with Crippen molar-refractivity contribution >= 4 is 53.7 Å². The van der Waals surface area contributed by atoms with Gasteiger partial charge in [0.15, 0.2) is 0 Å². The van der Waals surface area contributed by atoms with Gasteiger partial charge in [-0.3, -0.25) is 9.59 Å². The predicted molar refractivity (Wildman–Crippen MR) is 165 cm³/mol. The average molecular weight is 733 g/mol. The molecule has 3 atom stereocenters. The van der Waals surface area contributed by atoms with Gasteiger partial charge in [0, 0.05) is 34.0 Å². The van der Waals surface area contributed by atoms with Gasteiger partial charge in [-0.15, -0.1) is 0 Å². The van der Waals surface area contributed by atoms with Crippen molar-refractivity contribution in [3.8, 4) is 0 Å². The fourth-order valence-corrected chi connectivity index (χ4v) is 6.96. The smallest absolute Gasteiger partial charge is 0.243 e. The standard InChI is InChI=1S/C29H37Br2FN4O5S/c1-42(39,40)35-26(9-6-19-10-12-33-13-11-19)29(38)36-17-23(41-18-21-7-8-22(30)14-25(21)32)15-27(36)28(37)34-16-20-4-2-3-5-24(20)31/h2-5,7-8,14,19,23,26-27,33,35H,6,9-13,15-18H2,1H3,(H,34,37)/t23-,26-,27-/m1/s1. The summed E-state index contributed by atoms with van der Waals surface area (Å²) in [4.78, 5) is 28.8. The van der Waals surface area contributed by atoms with Crippen LogP contribution in [0.15, 0.2) is 51.4 Å². The highest BCUT2D eigenvalue weighted by Gasteiger charge is 2.42. The number of ether oxygens (including phenoxy) is 1. The van der Waals surface area contributed by atoms with Gasteiger partial charge in [-0.25, -0.2) is 17.5 Å². The number of sulfonamides is 1. The number of hydrogen-bond donors (Lipinski definition) is 3. The van der Waals surface area contributed by atoms with Crippen molar-refractivity contribution < 1.29 is 27.1 Å². The van der Waals surface area contributed by atoms with Crippen molar-refractivity contribution in [2.75, 3.05) is 25.9 Å².